The predicted molar refractivity (Wildman–Crippen MR) is 42.7 cm³/mol. The van der Waals surface area contributed by atoms with Crippen LogP contribution in [0.3, 0.4) is 0 Å². The molecule has 1 aliphatic heterocycles. The first-order chi connectivity index (χ1) is 4.47. The number of fused-ring (bicyclic) bond motifs is 1. The van der Waals surface area contributed by atoms with Crippen LogP contribution in [-0.4, -0.2) is 11.5 Å². The van der Waals surface area contributed by atoms with Crippen LogP contribution in [0.4, 0.5) is 0 Å². The lowest BCUT2D eigenvalue weighted by Gasteiger charge is -2.08. The zero-order valence-electron chi connectivity index (χ0n) is 5.34. The first kappa shape index (κ1) is 5.60. The SMILES string of the molecule is C1=C[C@H]2CSCC2=CC1. The summed E-state index contributed by atoms with van der Waals surface area (Å²) >= 11 is 2.06. The summed E-state index contributed by atoms with van der Waals surface area (Å²) in [6, 6.07) is 0. The van der Waals surface area contributed by atoms with Gasteiger partial charge in [0.15, 0.2) is 0 Å². The number of rotatable bonds is 0. The first-order valence-electron chi connectivity index (χ1n) is 3.40. The van der Waals surface area contributed by atoms with Crippen molar-refractivity contribution in [3.05, 3.63) is 23.8 Å². The number of hydrogen-bond acceptors (Lipinski definition) is 1. The number of hydrogen-bond donors (Lipinski definition) is 0. The zero-order valence-corrected chi connectivity index (χ0v) is 6.16. The maximum absolute atomic E-state index is 2.38. The minimum Gasteiger partial charge on any atom is -0.157 e. The third-order valence-corrected chi connectivity index (χ3v) is 3.06. The van der Waals surface area contributed by atoms with Crippen LogP contribution in [0, 0.1) is 5.92 Å². The van der Waals surface area contributed by atoms with Crippen molar-refractivity contribution in [1.29, 1.82) is 0 Å². The van der Waals surface area contributed by atoms with Crippen LogP contribution in [-0.2, 0) is 0 Å². The second kappa shape index (κ2) is 2.22. The Bertz CT molecular complexity index is 167. The van der Waals surface area contributed by atoms with Gasteiger partial charge in [0.25, 0.3) is 0 Å². The van der Waals surface area contributed by atoms with E-state index in [1.54, 1.807) is 5.57 Å². The van der Waals surface area contributed by atoms with Gasteiger partial charge < -0.3 is 0 Å². The van der Waals surface area contributed by atoms with E-state index in [0.717, 1.165) is 5.92 Å². The molecule has 0 N–H and O–H groups in total. The molecule has 0 aromatic carbocycles. The lowest BCUT2D eigenvalue weighted by Crippen LogP contribution is -1.99. The second-order valence-corrected chi connectivity index (χ2v) is 3.59. The molecule has 1 aliphatic carbocycles. The summed E-state index contributed by atoms with van der Waals surface area (Å²) < 4.78 is 0. The molecule has 0 bridgehead atoms. The molecule has 0 spiro atoms. The molecule has 1 heteroatoms. The van der Waals surface area contributed by atoms with Crippen molar-refractivity contribution < 1.29 is 0 Å². The largest absolute Gasteiger partial charge is 0.157 e. The van der Waals surface area contributed by atoms with Crippen LogP contribution in [0.15, 0.2) is 23.8 Å². The molecule has 0 aromatic heterocycles. The normalized spacial score (nSPS) is 32.0. The summed E-state index contributed by atoms with van der Waals surface area (Å²) in [4.78, 5) is 0. The van der Waals surface area contributed by atoms with Gasteiger partial charge in [-0.25, -0.2) is 0 Å². The van der Waals surface area contributed by atoms with Crippen molar-refractivity contribution in [2.45, 2.75) is 6.42 Å². The summed E-state index contributed by atoms with van der Waals surface area (Å²) in [5.41, 5.74) is 1.67. The van der Waals surface area contributed by atoms with Crippen LogP contribution in [0.25, 0.3) is 0 Å². The highest BCUT2D eigenvalue weighted by Crippen LogP contribution is 2.32. The van der Waals surface area contributed by atoms with Gasteiger partial charge in [-0.2, -0.15) is 11.8 Å². The Balaban J connectivity index is 2.22. The molecule has 0 amide bonds. The summed E-state index contributed by atoms with van der Waals surface area (Å²) in [5.74, 6) is 3.42. The zero-order chi connectivity index (χ0) is 6.10. The Morgan fingerprint density at radius 1 is 1.56 bits per heavy atom. The predicted octanol–water partition coefficient (Wildman–Crippen LogP) is 2.24. The summed E-state index contributed by atoms with van der Waals surface area (Å²) in [7, 11) is 0. The lowest BCUT2D eigenvalue weighted by atomic mass is 9.97. The van der Waals surface area contributed by atoms with Gasteiger partial charge in [-0.05, 0) is 6.42 Å². The lowest BCUT2D eigenvalue weighted by molar-refractivity contribution is 0.880. The van der Waals surface area contributed by atoms with E-state index in [-0.39, 0.29) is 0 Å². The van der Waals surface area contributed by atoms with E-state index < -0.39 is 0 Å². The molecule has 0 unspecified atom stereocenters. The Morgan fingerprint density at radius 3 is 3.44 bits per heavy atom. The molecular weight excluding hydrogens is 128 g/mol. The third kappa shape index (κ3) is 0.940. The quantitative estimate of drug-likeness (QED) is 0.463. The number of thioether (sulfide) groups is 1. The average molecular weight is 138 g/mol. The third-order valence-electron chi connectivity index (χ3n) is 1.93. The standard InChI is InChI=1S/C8H10S/c1-2-4-8-6-9-5-7(8)3-1/h1,3-4,7H,2,5-6H2/t7-/m0/s1. The fourth-order valence-corrected chi connectivity index (χ4v) is 2.63. The smallest absolute Gasteiger partial charge is 0.0149 e. The van der Waals surface area contributed by atoms with E-state index in [0.29, 0.717) is 0 Å². The van der Waals surface area contributed by atoms with Gasteiger partial charge in [0.1, 0.15) is 0 Å². The number of allylic oxidation sites excluding steroid dienone is 3. The topological polar surface area (TPSA) is 0 Å². The van der Waals surface area contributed by atoms with Crippen molar-refractivity contribution in [3.63, 3.8) is 0 Å². The summed E-state index contributed by atoms with van der Waals surface area (Å²) in [6.07, 6.45) is 8.19. The molecule has 0 saturated carbocycles. The van der Waals surface area contributed by atoms with E-state index in [2.05, 4.69) is 30.0 Å². The van der Waals surface area contributed by atoms with Gasteiger partial charge >= 0.3 is 0 Å². The molecule has 9 heavy (non-hydrogen) atoms. The molecular formula is C8H10S. The fourth-order valence-electron chi connectivity index (χ4n) is 1.37. The maximum Gasteiger partial charge on any atom is 0.0149 e. The van der Waals surface area contributed by atoms with Crippen molar-refractivity contribution in [2.24, 2.45) is 5.92 Å². The molecule has 0 radical (unpaired) electrons. The van der Waals surface area contributed by atoms with Gasteiger partial charge in [0.2, 0.25) is 0 Å². The maximum atomic E-state index is 2.38. The Kier molecular flexibility index (Phi) is 1.38. The second-order valence-electron chi connectivity index (χ2n) is 2.56. The van der Waals surface area contributed by atoms with Crippen molar-refractivity contribution >= 4 is 11.8 Å². The molecule has 1 heterocycles. The highest BCUT2D eigenvalue weighted by molar-refractivity contribution is 7.99. The van der Waals surface area contributed by atoms with Crippen LogP contribution in [0.2, 0.25) is 0 Å². The highest BCUT2D eigenvalue weighted by Gasteiger charge is 2.19. The van der Waals surface area contributed by atoms with E-state index >= 15 is 0 Å². The molecule has 2 rings (SSSR count). The van der Waals surface area contributed by atoms with Crippen molar-refractivity contribution in [1.82, 2.24) is 0 Å². The monoisotopic (exact) mass is 138 g/mol. The van der Waals surface area contributed by atoms with Gasteiger partial charge in [-0.15, -0.1) is 0 Å². The molecule has 1 fully saturated rings. The fraction of sp³-hybridized carbons (Fsp3) is 0.500. The summed E-state index contributed by atoms with van der Waals surface area (Å²) in [5, 5.41) is 0. The van der Waals surface area contributed by atoms with E-state index in [4.69, 9.17) is 0 Å². The molecule has 0 aromatic rings. The van der Waals surface area contributed by atoms with Gasteiger partial charge in [0.05, 0.1) is 0 Å². The first-order valence-corrected chi connectivity index (χ1v) is 4.55. The van der Waals surface area contributed by atoms with Crippen LogP contribution in [0.5, 0.6) is 0 Å². The summed E-state index contributed by atoms with van der Waals surface area (Å²) in [6.45, 7) is 0. The van der Waals surface area contributed by atoms with E-state index in [1.165, 1.54) is 17.9 Å². The van der Waals surface area contributed by atoms with Gasteiger partial charge in [-0.3, -0.25) is 0 Å². The van der Waals surface area contributed by atoms with E-state index in [1.807, 2.05) is 0 Å². The van der Waals surface area contributed by atoms with Crippen molar-refractivity contribution in [2.75, 3.05) is 11.5 Å². The Labute approximate surface area is 60.0 Å². The molecule has 1 saturated heterocycles. The highest BCUT2D eigenvalue weighted by atomic mass is 32.2. The average Bonchev–Trinajstić information content (AvgIpc) is 2.33. The van der Waals surface area contributed by atoms with E-state index in [9.17, 15) is 0 Å². The molecule has 1 atom stereocenters. The minimum absolute atomic E-state index is 0.809. The van der Waals surface area contributed by atoms with Crippen LogP contribution >= 0.6 is 11.8 Å². The van der Waals surface area contributed by atoms with Gasteiger partial charge in [0, 0.05) is 17.4 Å². The van der Waals surface area contributed by atoms with Crippen molar-refractivity contribution in [3.8, 4) is 0 Å². The Hall–Kier alpha value is -0.170. The molecule has 2 aliphatic rings. The van der Waals surface area contributed by atoms with Gasteiger partial charge in [-0.1, -0.05) is 23.8 Å². The molecule has 0 nitrogen and oxygen atoms in total. The van der Waals surface area contributed by atoms with Crippen LogP contribution < -0.4 is 0 Å². The minimum atomic E-state index is 0.809. The van der Waals surface area contributed by atoms with Crippen LogP contribution in [0.1, 0.15) is 6.42 Å². The molecule has 48 valence electrons. The Morgan fingerprint density at radius 2 is 2.56 bits per heavy atom.